The monoisotopic (exact) mass is 259 g/mol. The molecular weight excluding hydrogens is 242 g/mol. The Morgan fingerprint density at radius 3 is 2.53 bits per heavy atom. The summed E-state index contributed by atoms with van der Waals surface area (Å²) in [6.07, 6.45) is 3.02. The number of anilines is 1. The van der Waals surface area contributed by atoms with Gasteiger partial charge in [0.15, 0.2) is 12.2 Å². The number of nitrogens with zero attached hydrogens (tertiary/aromatic N) is 1. The summed E-state index contributed by atoms with van der Waals surface area (Å²) in [5, 5.41) is 2.79. The summed E-state index contributed by atoms with van der Waals surface area (Å²) < 4.78 is 5.19. The second-order valence-electron chi connectivity index (χ2n) is 4.70. The van der Waals surface area contributed by atoms with Crippen molar-refractivity contribution in [3.63, 3.8) is 0 Å². The average Bonchev–Trinajstić information content (AvgIpc) is 2.92. The molecule has 1 heterocycles. The van der Waals surface area contributed by atoms with Crippen LogP contribution < -0.4 is 11.1 Å². The van der Waals surface area contributed by atoms with Crippen LogP contribution in [0.1, 0.15) is 13.8 Å². The first kappa shape index (κ1) is 13.3. The number of hydrogen-bond donors (Lipinski definition) is 2. The Kier molecular flexibility index (Phi) is 3.97. The van der Waals surface area contributed by atoms with Crippen LogP contribution >= 0.6 is 0 Å². The number of carbonyl (C=O) groups is 1. The van der Waals surface area contributed by atoms with E-state index in [1.807, 2.05) is 38.1 Å². The van der Waals surface area contributed by atoms with Crippen molar-refractivity contribution in [1.82, 2.24) is 4.98 Å². The molecule has 100 valence electrons. The molecule has 2 rings (SSSR count). The van der Waals surface area contributed by atoms with Crippen LogP contribution in [0.3, 0.4) is 0 Å². The van der Waals surface area contributed by atoms with Crippen molar-refractivity contribution in [2.45, 2.75) is 19.9 Å². The number of aromatic nitrogens is 1. The predicted octanol–water partition coefficient (Wildman–Crippen LogP) is 2.26. The quantitative estimate of drug-likeness (QED) is 0.882. The van der Waals surface area contributed by atoms with Crippen LogP contribution in [0.25, 0.3) is 11.3 Å². The Hall–Kier alpha value is -2.14. The molecule has 0 aliphatic carbocycles. The number of nitrogens with two attached hydrogens (primary N) is 1. The van der Waals surface area contributed by atoms with Gasteiger partial charge in [-0.15, -0.1) is 0 Å². The highest BCUT2D eigenvalue weighted by molar-refractivity contribution is 5.95. The molecule has 0 bridgehead atoms. The van der Waals surface area contributed by atoms with E-state index in [-0.39, 0.29) is 11.8 Å². The Balaban J connectivity index is 2.05. The number of amides is 1. The van der Waals surface area contributed by atoms with Crippen molar-refractivity contribution in [1.29, 1.82) is 0 Å². The van der Waals surface area contributed by atoms with Gasteiger partial charge in [-0.25, -0.2) is 4.98 Å². The zero-order valence-corrected chi connectivity index (χ0v) is 11.0. The maximum atomic E-state index is 11.8. The highest BCUT2D eigenvalue weighted by Gasteiger charge is 2.17. The summed E-state index contributed by atoms with van der Waals surface area (Å²) in [4.78, 5) is 15.7. The first-order valence-electron chi connectivity index (χ1n) is 6.13. The second kappa shape index (κ2) is 5.67. The third kappa shape index (κ3) is 3.20. The van der Waals surface area contributed by atoms with Crippen molar-refractivity contribution >= 4 is 11.6 Å². The van der Waals surface area contributed by atoms with E-state index in [4.69, 9.17) is 10.2 Å². The average molecular weight is 259 g/mol. The van der Waals surface area contributed by atoms with Crippen LogP contribution in [-0.2, 0) is 4.79 Å². The fraction of sp³-hybridized carbons (Fsp3) is 0.286. The van der Waals surface area contributed by atoms with Crippen molar-refractivity contribution in [2.75, 3.05) is 5.32 Å². The van der Waals surface area contributed by atoms with Gasteiger partial charge >= 0.3 is 0 Å². The third-order valence-electron chi connectivity index (χ3n) is 2.89. The fourth-order valence-electron chi connectivity index (χ4n) is 1.60. The van der Waals surface area contributed by atoms with Gasteiger partial charge in [0.2, 0.25) is 5.91 Å². The Morgan fingerprint density at radius 1 is 1.32 bits per heavy atom. The van der Waals surface area contributed by atoms with Gasteiger partial charge in [-0.2, -0.15) is 0 Å². The third-order valence-corrected chi connectivity index (χ3v) is 2.89. The highest BCUT2D eigenvalue weighted by Crippen LogP contribution is 2.20. The molecule has 1 aromatic carbocycles. The van der Waals surface area contributed by atoms with Crippen LogP contribution in [0.5, 0.6) is 0 Å². The van der Waals surface area contributed by atoms with Crippen molar-refractivity contribution in [3.8, 4) is 11.3 Å². The summed E-state index contributed by atoms with van der Waals surface area (Å²) in [7, 11) is 0. The van der Waals surface area contributed by atoms with Crippen LogP contribution in [0.15, 0.2) is 41.3 Å². The van der Waals surface area contributed by atoms with Gasteiger partial charge in [-0.05, 0) is 30.2 Å². The Labute approximate surface area is 111 Å². The minimum Gasteiger partial charge on any atom is -0.444 e. The van der Waals surface area contributed by atoms with Crippen molar-refractivity contribution in [2.24, 2.45) is 11.7 Å². The van der Waals surface area contributed by atoms with Gasteiger partial charge in [0.05, 0.1) is 12.2 Å². The van der Waals surface area contributed by atoms with Gasteiger partial charge in [0.25, 0.3) is 0 Å². The Bertz CT molecular complexity index is 532. The van der Waals surface area contributed by atoms with Crippen LogP contribution in [-0.4, -0.2) is 16.9 Å². The normalized spacial score (nSPS) is 12.4. The molecule has 5 heteroatoms. The summed E-state index contributed by atoms with van der Waals surface area (Å²) in [6.45, 7) is 3.83. The van der Waals surface area contributed by atoms with E-state index >= 15 is 0 Å². The molecule has 0 fully saturated rings. The minimum absolute atomic E-state index is 0.105. The maximum Gasteiger partial charge on any atom is 0.241 e. The first-order chi connectivity index (χ1) is 9.08. The van der Waals surface area contributed by atoms with Gasteiger partial charge in [-0.1, -0.05) is 13.8 Å². The number of rotatable bonds is 4. The Morgan fingerprint density at radius 2 is 2.00 bits per heavy atom. The lowest BCUT2D eigenvalue weighted by Crippen LogP contribution is -2.39. The van der Waals surface area contributed by atoms with E-state index < -0.39 is 6.04 Å². The number of carbonyl (C=O) groups excluding carboxylic acids is 1. The number of oxazole rings is 1. The summed E-state index contributed by atoms with van der Waals surface area (Å²) >= 11 is 0. The molecule has 5 nitrogen and oxygen atoms in total. The molecule has 1 aromatic heterocycles. The molecule has 0 radical (unpaired) electrons. The number of hydrogen-bond acceptors (Lipinski definition) is 4. The molecule has 0 aliphatic rings. The van der Waals surface area contributed by atoms with Crippen molar-refractivity contribution < 1.29 is 9.21 Å². The molecule has 3 N–H and O–H groups in total. The zero-order chi connectivity index (χ0) is 13.8. The van der Waals surface area contributed by atoms with Gasteiger partial charge in [0.1, 0.15) is 0 Å². The number of benzene rings is 1. The largest absolute Gasteiger partial charge is 0.444 e. The van der Waals surface area contributed by atoms with Gasteiger partial charge in [-0.3, -0.25) is 4.79 Å². The van der Waals surface area contributed by atoms with Crippen molar-refractivity contribution in [3.05, 3.63) is 36.9 Å². The van der Waals surface area contributed by atoms with E-state index in [2.05, 4.69) is 10.3 Å². The molecule has 0 unspecified atom stereocenters. The number of nitrogens with one attached hydrogen (secondary N) is 1. The lowest BCUT2D eigenvalue weighted by atomic mass is 10.0. The molecule has 1 atom stereocenters. The molecule has 0 saturated carbocycles. The molecule has 1 amide bonds. The van der Waals surface area contributed by atoms with E-state index in [0.717, 1.165) is 5.56 Å². The molecule has 0 saturated heterocycles. The van der Waals surface area contributed by atoms with Crippen LogP contribution in [0, 0.1) is 5.92 Å². The molecule has 2 aromatic rings. The maximum absolute atomic E-state index is 11.8. The second-order valence-corrected chi connectivity index (χ2v) is 4.70. The van der Waals surface area contributed by atoms with E-state index in [1.54, 1.807) is 6.20 Å². The lowest BCUT2D eigenvalue weighted by Gasteiger charge is -2.15. The van der Waals surface area contributed by atoms with Gasteiger partial charge in [0, 0.05) is 11.3 Å². The lowest BCUT2D eigenvalue weighted by molar-refractivity contribution is -0.118. The van der Waals surface area contributed by atoms with Crippen LogP contribution in [0.2, 0.25) is 0 Å². The predicted molar refractivity (Wildman–Crippen MR) is 73.4 cm³/mol. The standard InChI is InChI=1S/C14H17N3O2/c1-9(2)13(15)14(18)17-11-5-3-10(4-6-11)12-7-16-8-19-12/h3-9,13H,15H2,1-2H3,(H,17,18)/t13-/m0/s1. The zero-order valence-electron chi connectivity index (χ0n) is 11.0. The molecule has 19 heavy (non-hydrogen) atoms. The van der Waals surface area contributed by atoms with E-state index in [0.29, 0.717) is 11.4 Å². The molecule has 0 spiro atoms. The van der Waals surface area contributed by atoms with Gasteiger partial charge < -0.3 is 15.5 Å². The summed E-state index contributed by atoms with van der Waals surface area (Å²) in [5.41, 5.74) is 7.40. The molecule has 0 aliphatic heterocycles. The first-order valence-corrected chi connectivity index (χ1v) is 6.13. The summed E-state index contributed by atoms with van der Waals surface area (Å²) in [5.74, 6) is 0.618. The smallest absolute Gasteiger partial charge is 0.241 e. The summed E-state index contributed by atoms with van der Waals surface area (Å²) in [6, 6.07) is 6.83. The fourth-order valence-corrected chi connectivity index (χ4v) is 1.60. The van der Waals surface area contributed by atoms with Crippen LogP contribution in [0.4, 0.5) is 5.69 Å². The van der Waals surface area contributed by atoms with E-state index in [1.165, 1.54) is 6.39 Å². The topological polar surface area (TPSA) is 81.2 Å². The molecular formula is C14H17N3O2. The SMILES string of the molecule is CC(C)[C@H](N)C(=O)Nc1ccc(-c2cnco2)cc1. The highest BCUT2D eigenvalue weighted by atomic mass is 16.3. The van der Waals surface area contributed by atoms with E-state index in [9.17, 15) is 4.79 Å². The minimum atomic E-state index is -0.506.